The molecule has 2 aromatic heterocycles. The average Bonchev–Trinajstić information content (AvgIpc) is 3.29. The predicted octanol–water partition coefficient (Wildman–Crippen LogP) is 4.84. The Morgan fingerprint density at radius 2 is 2.15 bits per heavy atom. The summed E-state index contributed by atoms with van der Waals surface area (Å²) >= 11 is 3.51. The van der Waals surface area contributed by atoms with Gasteiger partial charge in [-0.1, -0.05) is 12.1 Å². The molecular weight excluding hydrogens is 367 g/mol. The van der Waals surface area contributed by atoms with Crippen LogP contribution < -0.4 is 5.32 Å². The lowest BCUT2D eigenvalue weighted by Crippen LogP contribution is -2.40. The van der Waals surface area contributed by atoms with Crippen molar-refractivity contribution in [2.75, 3.05) is 18.4 Å². The van der Waals surface area contributed by atoms with Gasteiger partial charge in [0, 0.05) is 22.0 Å². The quantitative estimate of drug-likeness (QED) is 0.696. The zero-order valence-corrected chi connectivity index (χ0v) is 16.0. The van der Waals surface area contributed by atoms with Crippen molar-refractivity contribution >= 4 is 34.3 Å². The minimum absolute atomic E-state index is 0.112. The molecule has 3 nitrogen and oxygen atoms in total. The first kappa shape index (κ1) is 17.4. The molecule has 6 heteroatoms. The number of hydrogen-bond acceptors (Lipinski definition) is 4. The fourth-order valence-corrected chi connectivity index (χ4v) is 5.20. The fraction of sp³-hybridized carbons (Fsp3) is 0.250. The van der Waals surface area contributed by atoms with E-state index < -0.39 is 0 Å². The van der Waals surface area contributed by atoms with Crippen LogP contribution in [0.25, 0.3) is 0 Å². The first-order valence-electron chi connectivity index (χ1n) is 8.51. The Bertz CT molecular complexity index is 920. The van der Waals surface area contributed by atoms with Gasteiger partial charge in [0.25, 0.3) is 0 Å². The number of nitrogens with zero attached hydrogens (tertiary/aromatic N) is 1. The molecule has 26 heavy (non-hydrogen) atoms. The van der Waals surface area contributed by atoms with E-state index in [1.54, 1.807) is 28.7 Å². The second kappa shape index (κ2) is 7.31. The van der Waals surface area contributed by atoms with Crippen LogP contribution in [-0.4, -0.2) is 23.9 Å². The molecule has 0 spiro atoms. The standard InChI is InChI=1S/C20H19FN2OS2/c1-13-4-5-14(21)11-16(13)22-19(24)12-23-8-6-17-15(7-10-26-17)20(23)18-3-2-9-25-18/h2-5,7,9-11,20H,6,8,12H2,1H3,(H,22,24). The number of thiophene rings is 2. The zero-order valence-electron chi connectivity index (χ0n) is 14.4. The van der Waals surface area contributed by atoms with Gasteiger partial charge in [-0.2, -0.15) is 0 Å². The summed E-state index contributed by atoms with van der Waals surface area (Å²) in [5.41, 5.74) is 2.70. The minimum Gasteiger partial charge on any atom is -0.325 e. The van der Waals surface area contributed by atoms with Crippen molar-refractivity contribution in [1.82, 2.24) is 4.90 Å². The van der Waals surface area contributed by atoms with Gasteiger partial charge in [0.15, 0.2) is 0 Å². The van der Waals surface area contributed by atoms with Gasteiger partial charge in [-0.15, -0.1) is 22.7 Å². The highest BCUT2D eigenvalue weighted by molar-refractivity contribution is 7.10. The molecule has 0 fully saturated rings. The summed E-state index contributed by atoms with van der Waals surface area (Å²) in [5.74, 6) is -0.456. The van der Waals surface area contributed by atoms with E-state index in [0.717, 1.165) is 18.5 Å². The first-order valence-corrected chi connectivity index (χ1v) is 10.3. The summed E-state index contributed by atoms with van der Waals surface area (Å²) in [6, 6.07) is 10.9. The van der Waals surface area contributed by atoms with Crippen LogP contribution >= 0.6 is 22.7 Å². The van der Waals surface area contributed by atoms with E-state index in [-0.39, 0.29) is 24.3 Å². The van der Waals surface area contributed by atoms with Crippen LogP contribution in [0.1, 0.15) is 26.9 Å². The van der Waals surface area contributed by atoms with Crippen molar-refractivity contribution in [3.8, 4) is 0 Å². The van der Waals surface area contributed by atoms with Crippen LogP contribution in [0.3, 0.4) is 0 Å². The molecule has 0 bridgehead atoms. The van der Waals surface area contributed by atoms with Crippen LogP contribution in [0.4, 0.5) is 10.1 Å². The van der Waals surface area contributed by atoms with Gasteiger partial charge >= 0.3 is 0 Å². The third-order valence-electron chi connectivity index (χ3n) is 4.70. The molecule has 134 valence electrons. The van der Waals surface area contributed by atoms with Crippen molar-refractivity contribution in [3.63, 3.8) is 0 Å². The third-order valence-corrected chi connectivity index (χ3v) is 6.62. The highest BCUT2D eigenvalue weighted by Gasteiger charge is 2.31. The first-order chi connectivity index (χ1) is 12.6. The lowest BCUT2D eigenvalue weighted by molar-refractivity contribution is -0.117. The second-order valence-electron chi connectivity index (χ2n) is 6.44. The maximum Gasteiger partial charge on any atom is 0.238 e. The van der Waals surface area contributed by atoms with Gasteiger partial charge in [0.05, 0.1) is 12.6 Å². The molecule has 4 rings (SSSR count). The predicted molar refractivity (Wildman–Crippen MR) is 106 cm³/mol. The lowest BCUT2D eigenvalue weighted by Gasteiger charge is -2.34. The number of fused-ring (bicyclic) bond motifs is 1. The van der Waals surface area contributed by atoms with E-state index in [2.05, 4.69) is 39.2 Å². The maximum absolute atomic E-state index is 13.5. The molecule has 1 aliphatic rings. The van der Waals surface area contributed by atoms with Crippen molar-refractivity contribution in [3.05, 3.63) is 73.9 Å². The highest BCUT2D eigenvalue weighted by atomic mass is 32.1. The number of benzene rings is 1. The number of anilines is 1. The average molecular weight is 387 g/mol. The van der Waals surface area contributed by atoms with E-state index >= 15 is 0 Å². The monoisotopic (exact) mass is 386 g/mol. The number of halogens is 1. The van der Waals surface area contributed by atoms with Crippen LogP contribution in [0.5, 0.6) is 0 Å². The molecule has 3 aromatic rings. The molecule has 0 saturated heterocycles. The second-order valence-corrected chi connectivity index (χ2v) is 8.42. The smallest absolute Gasteiger partial charge is 0.238 e. The summed E-state index contributed by atoms with van der Waals surface area (Å²) in [7, 11) is 0. The molecule has 1 atom stereocenters. The number of carbonyl (C=O) groups excluding carboxylic acids is 1. The Labute approximate surface area is 160 Å². The molecule has 1 aromatic carbocycles. The minimum atomic E-state index is -0.344. The Kier molecular flexibility index (Phi) is 4.89. The number of rotatable bonds is 4. The summed E-state index contributed by atoms with van der Waals surface area (Å²) in [4.78, 5) is 17.5. The van der Waals surface area contributed by atoms with Crippen molar-refractivity contribution < 1.29 is 9.18 Å². The summed E-state index contributed by atoms with van der Waals surface area (Å²) in [5, 5.41) is 7.07. The number of nitrogens with one attached hydrogen (secondary N) is 1. The summed E-state index contributed by atoms with van der Waals surface area (Å²) in [6.45, 7) is 2.99. The van der Waals surface area contributed by atoms with Gasteiger partial charge in [-0.3, -0.25) is 9.69 Å². The molecule has 0 saturated carbocycles. The molecule has 1 N–H and O–H groups in total. The van der Waals surface area contributed by atoms with E-state index in [1.165, 1.54) is 27.5 Å². The van der Waals surface area contributed by atoms with Gasteiger partial charge in [-0.25, -0.2) is 4.39 Å². The van der Waals surface area contributed by atoms with Gasteiger partial charge < -0.3 is 5.32 Å². The van der Waals surface area contributed by atoms with E-state index in [1.807, 2.05) is 6.92 Å². The van der Waals surface area contributed by atoms with E-state index in [4.69, 9.17) is 0 Å². The Morgan fingerprint density at radius 1 is 1.27 bits per heavy atom. The summed E-state index contributed by atoms with van der Waals surface area (Å²) in [6.07, 6.45) is 0.959. The molecule has 0 aliphatic carbocycles. The van der Waals surface area contributed by atoms with Crippen molar-refractivity contribution in [2.45, 2.75) is 19.4 Å². The molecule has 1 aliphatic heterocycles. The molecule has 1 amide bonds. The SMILES string of the molecule is Cc1ccc(F)cc1NC(=O)CN1CCc2sccc2C1c1cccs1. The largest absolute Gasteiger partial charge is 0.325 e. The number of carbonyl (C=O) groups is 1. The number of amides is 1. The van der Waals surface area contributed by atoms with Gasteiger partial charge in [0.1, 0.15) is 5.82 Å². The van der Waals surface area contributed by atoms with Crippen molar-refractivity contribution in [2.24, 2.45) is 0 Å². The zero-order chi connectivity index (χ0) is 18.1. The van der Waals surface area contributed by atoms with Gasteiger partial charge in [0.2, 0.25) is 5.91 Å². The lowest BCUT2D eigenvalue weighted by atomic mass is 9.98. The van der Waals surface area contributed by atoms with Crippen LogP contribution in [0.2, 0.25) is 0 Å². The Balaban J connectivity index is 1.55. The van der Waals surface area contributed by atoms with E-state index in [0.29, 0.717) is 5.69 Å². The number of aryl methyl sites for hydroxylation is 1. The maximum atomic E-state index is 13.5. The topological polar surface area (TPSA) is 32.3 Å². The number of hydrogen-bond donors (Lipinski definition) is 1. The molecule has 0 radical (unpaired) electrons. The van der Waals surface area contributed by atoms with Crippen LogP contribution in [0.15, 0.2) is 47.2 Å². The fourth-order valence-electron chi connectivity index (χ4n) is 3.42. The normalized spacial score (nSPS) is 17.1. The highest BCUT2D eigenvalue weighted by Crippen LogP contribution is 2.39. The molecule has 1 unspecified atom stereocenters. The Morgan fingerprint density at radius 3 is 2.96 bits per heavy atom. The van der Waals surface area contributed by atoms with Crippen molar-refractivity contribution in [1.29, 1.82) is 0 Å². The Hall–Kier alpha value is -2.02. The van der Waals surface area contributed by atoms with Gasteiger partial charge in [-0.05, 0) is 59.5 Å². The van der Waals surface area contributed by atoms with Crippen LogP contribution in [-0.2, 0) is 11.2 Å². The summed E-state index contributed by atoms with van der Waals surface area (Å²) < 4.78 is 13.5. The van der Waals surface area contributed by atoms with Crippen LogP contribution in [0, 0.1) is 12.7 Å². The third kappa shape index (κ3) is 3.45. The molecule has 3 heterocycles. The molecular formula is C20H19FN2OS2. The van der Waals surface area contributed by atoms with E-state index in [9.17, 15) is 9.18 Å².